The van der Waals surface area contributed by atoms with Gasteiger partial charge >= 0.3 is 0 Å². The maximum atomic E-state index is 12.5. The Bertz CT molecular complexity index is 590. The van der Waals surface area contributed by atoms with Gasteiger partial charge in [0.15, 0.2) is 5.75 Å². The highest BCUT2D eigenvalue weighted by molar-refractivity contribution is 7.89. The van der Waals surface area contributed by atoms with Crippen molar-refractivity contribution in [2.75, 3.05) is 12.8 Å². The summed E-state index contributed by atoms with van der Waals surface area (Å²) >= 11 is 0. The fourth-order valence-corrected chi connectivity index (χ4v) is 3.69. The minimum Gasteiger partial charge on any atom is -0.493 e. The molecule has 0 saturated carbocycles. The number of nitrogens with two attached hydrogens (primary N) is 1. The second-order valence-electron chi connectivity index (χ2n) is 6.13. The van der Waals surface area contributed by atoms with Crippen molar-refractivity contribution in [3.8, 4) is 5.75 Å². The van der Waals surface area contributed by atoms with Crippen molar-refractivity contribution in [1.82, 2.24) is 4.72 Å². The van der Waals surface area contributed by atoms with Crippen molar-refractivity contribution in [3.63, 3.8) is 0 Å². The molecule has 1 aromatic rings. The van der Waals surface area contributed by atoms with Gasteiger partial charge in [-0.15, -0.1) is 0 Å². The molecule has 0 unspecified atom stereocenters. The molecule has 0 aliphatic heterocycles. The second-order valence-corrected chi connectivity index (χ2v) is 7.78. The lowest BCUT2D eigenvalue weighted by Crippen LogP contribution is -2.40. The summed E-state index contributed by atoms with van der Waals surface area (Å²) in [5.74, 6) is 0.223. The van der Waals surface area contributed by atoms with Gasteiger partial charge in [-0.1, -0.05) is 19.4 Å². The Morgan fingerprint density at radius 3 is 2.38 bits per heavy atom. The predicted molar refractivity (Wildman–Crippen MR) is 86.1 cm³/mol. The van der Waals surface area contributed by atoms with Gasteiger partial charge in [0, 0.05) is 5.54 Å². The molecule has 0 aliphatic rings. The molecule has 0 bridgehead atoms. The van der Waals surface area contributed by atoms with E-state index in [-0.39, 0.29) is 10.6 Å². The fourth-order valence-electron chi connectivity index (χ4n) is 2.09. The van der Waals surface area contributed by atoms with Crippen LogP contribution in [0.5, 0.6) is 5.75 Å². The highest BCUT2D eigenvalue weighted by Gasteiger charge is 2.27. The highest BCUT2D eigenvalue weighted by Crippen LogP contribution is 2.34. The Hall–Kier alpha value is -1.27. The molecule has 120 valence electrons. The number of ether oxygens (including phenoxy) is 1. The molecule has 0 spiro atoms. The fraction of sp³-hybridized carbons (Fsp3) is 0.600. The van der Waals surface area contributed by atoms with Crippen LogP contribution in [-0.4, -0.2) is 21.1 Å². The number of rotatable bonds is 6. The van der Waals surface area contributed by atoms with Gasteiger partial charge in [-0.3, -0.25) is 0 Å². The van der Waals surface area contributed by atoms with E-state index in [0.29, 0.717) is 5.69 Å². The van der Waals surface area contributed by atoms with Crippen LogP contribution in [0.15, 0.2) is 17.0 Å². The van der Waals surface area contributed by atoms with Crippen LogP contribution in [0.4, 0.5) is 5.69 Å². The second kappa shape index (κ2) is 6.66. The SMILES string of the molecule is CCCCc1ccc(S(=O)(=O)NC(C)(C)C)c(OC)c1N. The van der Waals surface area contributed by atoms with Crippen LogP contribution >= 0.6 is 0 Å². The maximum Gasteiger partial charge on any atom is 0.244 e. The van der Waals surface area contributed by atoms with Crippen LogP contribution in [-0.2, 0) is 16.4 Å². The Morgan fingerprint density at radius 1 is 1.29 bits per heavy atom. The molecule has 0 fully saturated rings. The Kier molecular flexibility index (Phi) is 5.64. The largest absolute Gasteiger partial charge is 0.493 e. The number of nitrogen functional groups attached to an aromatic ring is 1. The first kappa shape index (κ1) is 17.8. The van der Waals surface area contributed by atoms with Crippen LogP contribution in [0.2, 0.25) is 0 Å². The minimum absolute atomic E-state index is 0.0812. The standard InChI is InChI=1S/C15H26N2O3S/c1-6-7-8-11-9-10-12(14(20-5)13(11)16)21(18,19)17-15(2,3)4/h9-10,17H,6-8,16H2,1-5H3. The Labute approximate surface area is 127 Å². The first-order valence-corrected chi connectivity index (χ1v) is 8.60. The first-order chi connectivity index (χ1) is 9.62. The quantitative estimate of drug-likeness (QED) is 0.791. The van der Waals surface area contributed by atoms with E-state index >= 15 is 0 Å². The number of nitrogens with one attached hydrogen (secondary N) is 1. The number of hydrogen-bond donors (Lipinski definition) is 2. The van der Waals surface area contributed by atoms with Crippen LogP contribution in [0.3, 0.4) is 0 Å². The number of sulfonamides is 1. The monoisotopic (exact) mass is 314 g/mol. The molecule has 1 aromatic carbocycles. The Morgan fingerprint density at radius 2 is 1.90 bits per heavy atom. The van der Waals surface area contributed by atoms with Gasteiger partial charge in [0.2, 0.25) is 10.0 Å². The van der Waals surface area contributed by atoms with E-state index in [9.17, 15) is 8.42 Å². The van der Waals surface area contributed by atoms with Crippen molar-refractivity contribution in [2.45, 2.75) is 57.4 Å². The molecule has 5 nitrogen and oxygen atoms in total. The summed E-state index contributed by atoms with van der Waals surface area (Å²) in [5, 5.41) is 0. The third kappa shape index (κ3) is 4.61. The van der Waals surface area contributed by atoms with Crippen LogP contribution < -0.4 is 15.2 Å². The number of methoxy groups -OCH3 is 1. The molecule has 0 amide bonds. The van der Waals surface area contributed by atoms with Gasteiger partial charge < -0.3 is 10.5 Å². The highest BCUT2D eigenvalue weighted by atomic mass is 32.2. The van der Waals surface area contributed by atoms with Gasteiger partial charge in [0.05, 0.1) is 12.8 Å². The lowest BCUT2D eigenvalue weighted by Gasteiger charge is -2.22. The lowest BCUT2D eigenvalue weighted by molar-refractivity contribution is 0.402. The van der Waals surface area contributed by atoms with Gasteiger partial charge in [0.1, 0.15) is 4.90 Å². The topological polar surface area (TPSA) is 81.4 Å². The van der Waals surface area contributed by atoms with Gasteiger partial charge in [-0.2, -0.15) is 0 Å². The molecule has 0 aromatic heterocycles. The molecule has 6 heteroatoms. The van der Waals surface area contributed by atoms with Gasteiger partial charge in [0.25, 0.3) is 0 Å². The van der Waals surface area contributed by atoms with Crippen molar-refractivity contribution in [1.29, 1.82) is 0 Å². The van der Waals surface area contributed by atoms with E-state index in [4.69, 9.17) is 10.5 Å². The van der Waals surface area contributed by atoms with Crippen LogP contribution in [0, 0.1) is 0 Å². The molecular weight excluding hydrogens is 288 g/mol. The third-order valence-electron chi connectivity index (χ3n) is 2.98. The lowest BCUT2D eigenvalue weighted by atomic mass is 10.1. The molecule has 3 N–H and O–H groups in total. The number of hydrogen-bond acceptors (Lipinski definition) is 4. The van der Waals surface area contributed by atoms with Crippen molar-refractivity contribution in [3.05, 3.63) is 17.7 Å². The number of benzene rings is 1. The number of anilines is 1. The van der Waals surface area contributed by atoms with Crippen molar-refractivity contribution in [2.24, 2.45) is 0 Å². The Balaban J connectivity index is 3.29. The first-order valence-electron chi connectivity index (χ1n) is 7.11. The molecule has 21 heavy (non-hydrogen) atoms. The normalized spacial score (nSPS) is 12.4. The van der Waals surface area contributed by atoms with Gasteiger partial charge in [-0.25, -0.2) is 13.1 Å². The summed E-state index contributed by atoms with van der Waals surface area (Å²) < 4.78 is 32.8. The van der Waals surface area contributed by atoms with E-state index in [1.165, 1.54) is 7.11 Å². The van der Waals surface area contributed by atoms with E-state index in [1.54, 1.807) is 32.9 Å². The zero-order chi connectivity index (χ0) is 16.3. The smallest absolute Gasteiger partial charge is 0.244 e. The van der Waals surface area contributed by atoms with E-state index in [2.05, 4.69) is 11.6 Å². The average Bonchev–Trinajstić information content (AvgIpc) is 2.34. The summed E-state index contributed by atoms with van der Waals surface area (Å²) in [4.78, 5) is 0.0812. The molecule has 0 radical (unpaired) electrons. The molecule has 1 rings (SSSR count). The average molecular weight is 314 g/mol. The summed E-state index contributed by atoms with van der Waals surface area (Å²) in [6, 6.07) is 3.33. The third-order valence-corrected chi connectivity index (χ3v) is 4.77. The molecular formula is C15H26N2O3S. The van der Waals surface area contributed by atoms with E-state index in [1.807, 2.05) is 0 Å². The summed E-state index contributed by atoms with van der Waals surface area (Å²) in [5.41, 5.74) is 6.83. The van der Waals surface area contributed by atoms with Gasteiger partial charge in [-0.05, 0) is 45.2 Å². The van der Waals surface area contributed by atoms with E-state index in [0.717, 1.165) is 24.8 Å². The molecule has 0 aliphatic carbocycles. The maximum absolute atomic E-state index is 12.5. The summed E-state index contributed by atoms with van der Waals surface area (Å²) in [6.07, 6.45) is 2.86. The van der Waals surface area contributed by atoms with Crippen molar-refractivity contribution >= 4 is 15.7 Å². The molecule has 0 heterocycles. The van der Waals surface area contributed by atoms with E-state index < -0.39 is 15.6 Å². The predicted octanol–water partition coefficient (Wildman–Crippen LogP) is 2.70. The minimum atomic E-state index is -3.68. The zero-order valence-corrected chi connectivity index (χ0v) is 14.3. The van der Waals surface area contributed by atoms with Crippen LogP contribution in [0.1, 0.15) is 46.1 Å². The number of unbranched alkanes of at least 4 members (excludes halogenated alkanes) is 1. The summed E-state index contributed by atoms with van der Waals surface area (Å²) in [6.45, 7) is 7.46. The number of aryl methyl sites for hydroxylation is 1. The molecule has 0 saturated heterocycles. The molecule has 0 atom stereocenters. The summed E-state index contributed by atoms with van der Waals surface area (Å²) in [7, 11) is -2.24. The van der Waals surface area contributed by atoms with Crippen LogP contribution in [0.25, 0.3) is 0 Å². The zero-order valence-electron chi connectivity index (χ0n) is 13.5. The van der Waals surface area contributed by atoms with Crippen molar-refractivity contribution < 1.29 is 13.2 Å².